The van der Waals surface area contributed by atoms with Gasteiger partial charge < -0.3 is 35.4 Å². The molecule has 1 unspecified atom stereocenters. The van der Waals surface area contributed by atoms with E-state index in [1.54, 1.807) is 20.8 Å². The molecule has 0 radical (unpaired) electrons. The van der Waals surface area contributed by atoms with E-state index in [2.05, 4.69) is 10.6 Å². The first-order chi connectivity index (χ1) is 19.8. The molecule has 43 heavy (non-hydrogen) atoms. The third-order valence-electron chi connectivity index (χ3n) is 6.64. The summed E-state index contributed by atoms with van der Waals surface area (Å²) in [5.74, 6) is -4.46. The number of likely N-dealkylation sites (tertiary alicyclic amines) is 1. The average Bonchev–Trinajstić information content (AvgIpc) is 3.29. The molecule has 0 spiro atoms. The fourth-order valence-electron chi connectivity index (χ4n) is 4.63. The highest BCUT2D eigenvalue weighted by molar-refractivity contribution is 6.38. The number of ketones is 1. The summed E-state index contributed by atoms with van der Waals surface area (Å²) in [6.07, 6.45) is 1.15. The highest BCUT2D eigenvalue weighted by Crippen LogP contribution is 2.29. The fraction of sp³-hybridized carbons (Fsp3) is 0.800. The monoisotopic (exact) mass is 612 g/mol. The summed E-state index contributed by atoms with van der Waals surface area (Å²) in [5.41, 5.74) is -1.33. The van der Waals surface area contributed by atoms with Crippen LogP contribution in [0.15, 0.2) is 0 Å². The van der Waals surface area contributed by atoms with Crippen LogP contribution in [0.25, 0.3) is 0 Å². The van der Waals surface area contributed by atoms with Crippen molar-refractivity contribution in [1.82, 2.24) is 20.9 Å². The number of ether oxygens (including phenoxy) is 2. The van der Waals surface area contributed by atoms with E-state index < -0.39 is 77.4 Å². The van der Waals surface area contributed by atoms with E-state index in [9.17, 15) is 28.8 Å². The van der Waals surface area contributed by atoms with E-state index in [0.717, 1.165) is 12.8 Å². The van der Waals surface area contributed by atoms with Crippen molar-refractivity contribution in [3.8, 4) is 0 Å². The van der Waals surface area contributed by atoms with Gasteiger partial charge in [-0.25, -0.2) is 4.79 Å². The van der Waals surface area contributed by atoms with Crippen LogP contribution in [0, 0.1) is 11.3 Å². The summed E-state index contributed by atoms with van der Waals surface area (Å²) < 4.78 is 11.4. The Morgan fingerprint density at radius 2 is 1.60 bits per heavy atom. The number of alkyl carbamates (subject to hydrolysis) is 1. The van der Waals surface area contributed by atoms with Crippen LogP contribution in [-0.4, -0.2) is 95.1 Å². The van der Waals surface area contributed by atoms with Crippen molar-refractivity contribution in [3.05, 3.63) is 0 Å². The van der Waals surface area contributed by atoms with E-state index in [4.69, 9.17) is 14.6 Å². The Morgan fingerprint density at radius 3 is 2.12 bits per heavy atom. The standard InChI is InChI=1S/C30H52N4O9/c1-10-11-12-13-20(23(37)26(39)31-15-22(35)36)32-25(38)21-14-19(43-30(7,8)9)16-34(21)27(40)24(29(4,5)6)33-28(41)42-17-18(2)3/h18-21,24H,10-17H2,1-9H3,(H,31,39)(H,32,38)(H,33,41)(H,35,36)/t19-,20?,21+,24-/m1/s1. The molecule has 4 atom stereocenters. The molecule has 1 rings (SSSR count). The van der Waals surface area contributed by atoms with Crippen molar-refractivity contribution in [2.45, 2.75) is 124 Å². The van der Waals surface area contributed by atoms with E-state index >= 15 is 0 Å². The van der Waals surface area contributed by atoms with Gasteiger partial charge in [0.25, 0.3) is 5.91 Å². The summed E-state index contributed by atoms with van der Waals surface area (Å²) >= 11 is 0. The Morgan fingerprint density at radius 1 is 0.977 bits per heavy atom. The molecule has 1 fully saturated rings. The van der Waals surface area contributed by atoms with Crippen LogP contribution in [-0.2, 0) is 33.4 Å². The van der Waals surface area contributed by atoms with Gasteiger partial charge in [0.15, 0.2) is 0 Å². The van der Waals surface area contributed by atoms with Gasteiger partial charge in [-0.3, -0.25) is 24.0 Å². The van der Waals surface area contributed by atoms with E-state index in [-0.39, 0.29) is 31.9 Å². The second-order valence-corrected chi connectivity index (χ2v) is 13.5. The summed E-state index contributed by atoms with van der Waals surface area (Å²) in [4.78, 5) is 77.9. The Bertz CT molecular complexity index is 1000. The third-order valence-corrected chi connectivity index (χ3v) is 6.64. The summed E-state index contributed by atoms with van der Waals surface area (Å²) in [7, 11) is 0. The number of carbonyl (C=O) groups excluding carboxylic acids is 5. The molecule has 4 amide bonds. The smallest absolute Gasteiger partial charge is 0.407 e. The Labute approximate surface area is 255 Å². The molecule has 0 bridgehead atoms. The van der Waals surface area contributed by atoms with Gasteiger partial charge in [-0.1, -0.05) is 60.8 Å². The Balaban J connectivity index is 3.31. The predicted molar refractivity (Wildman–Crippen MR) is 159 cm³/mol. The van der Waals surface area contributed by atoms with Crippen molar-refractivity contribution >= 4 is 35.6 Å². The summed E-state index contributed by atoms with van der Waals surface area (Å²) in [6, 6.07) is -3.31. The van der Waals surface area contributed by atoms with Gasteiger partial charge in [-0.2, -0.15) is 0 Å². The van der Waals surface area contributed by atoms with Crippen molar-refractivity contribution in [2.75, 3.05) is 19.7 Å². The summed E-state index contributed by atoms with van der Waals surface area (Å²) in [6.45, 7) is 16.1. The summed E-state index contributed by atoms with van der Waals surface area (Å²) in [5, 5.41) is 16.2. The number of Topliss-reactive ketones (excluding diaryl/α,β-unsaturated/α-hetero) is 1. The van der Waals surface area contributed by atoms with Crippen LogP contribution in [0.3, 0.4) is 0 Å². The van der Waals surface area contributed by atoms with Gasteiger partial charge in [-0.15, -0.1) is 0 Å². The number of unbranched alkanes of at least 4 members (excludes halogenated alkanes) is 2. The normalized spacial score (nSPS) is 18.5. The molecule has 0 aromatic rings. The molecule has 1 aliphatic rings. The number of hydrogen-bond donors (Lipinski definition) is 4. The molecule has 13 nitrogen and oxygen atoms in total. The van der Waals surface area contributed by atoms with Crippen LogP contribution in [0.5, 0.6) is 0 Å². The fourth-order valence-corrected chi connectivity index (χ4v) is 4.63. The maximum absolute atomic E-state index is 14.0. The number of hydrogen-bond acceptors (Lipinski definition) is 8. The van der Waals surface area contributed by atoms with Crippen LogP contribution in [0.4, 0.5) is 4.79 Å². The first-order valence-corrected chi connectivity index (χ1v) is 15.0. The number of amides is 4. The number of carboxylic acids is 1. The van der Waals surface area contributed by atoms with Gasteiger partial charge in [0.05, 0.1) is 24.4 Å². The molecular weight excluding hydrogens is 560 g/mol. The van der Waals surface area contributed by atoms with Crippen LogP contribution >= 0.6 is 0 Å². The lowest BCUT2D eigenvalue weighted by molar-refractivity contribution is -0.144. The lowest BCUT2D eigenvalue weighted by Crippen LogP contribution is -2.59. The quantitative estimate of drug-likeness (QED) is 0.159. The van der Waals surface area contributed by atoms with E-state index in [1.165, 1.54) is 4.90 Å². The molecule has 246 valence electrons. The van der Waals surface area contributed by atoms with Crippen molar-refractivity contribution < 1.29 is 43.3 Å². The number of carboxylic acid groups (broad SMARTS) is 1. The van der Waals surface area contributed by atoms with Crippen molar-refractivity contribution in [3.63, 3.8) is 0 Å². The van der Waals surface area contributed by atoms with Gasteiger partial charge in [0.1, 0.15) is 18.6 Å². The first kappa shape index (κ1) is 37.8. The molecule has 1 heterocycles. The minimum Gasteiger partial charge on any atom is -0.480 e. The highest BCUT2D eigenvalue weighted by Gasteiger charge is 2.46. The van der Waals surface area contributed by atoms with Crippen molar-refractivity contribution in [1.29, 1.82) is 0 Å². The molecule has 1 aliphatic heterocycles. The molecule has 0 saturated carbocycles. The molecule has 0 aromatic carbocycles. The maximum Gasteiger partial charge on any atom is 0.407 e. The van der Waals surface area contributed by atoms with Gasteiger partial charge in [0, 0.05) is 13.0 Å². The van der Waals surface area contributed by atoms with E-state index in [1.807, 2.05) is 46.9 Å². The van der Waals surface area contributed by atoms with Gasteiger partial charge in [-0.05, 0) is 38.5 Å². The first-order valence-electron chi connectivity index (χ1n) is 15.0. The molecule has 4 N–H and O–H groups in total. The van der Waals surface area contributed by atoms with Crippen LogP contribution < -0.4 is 16.0 Å². The van der Waals surface area contributed by atoms with E-state index in [0.29, 0.717) is 6.42 Å². The third kappa shape index (κ3) is 13.3. The molecule has 13 heteroatoms. The minimum atomic E-state index is -1.31. The van der Waals surface area contributed by atoms with Crippen LogP contribution in [0.2, 0.25) is 0 Å². The van der Waals surface area contributed by atoms with Gasteiger partial charge >= 0.3 is 12.1 Å². The zero-order valence-corrected chi connectivity index (χ0v) is 27.2. The lowest BCUT2D eigenvalue weighted by atomic mass is 9.85. The SMILES string of the molecule is CCCCCC(NC(=O)[C@@H]1C[C@@H](OC(C)(C)C)CN1C(=O)[C@@H](NC(=O)OCC(C)C)C(C)(C)C)C(=O)C(=O)NCC(=O)O. The number of aliphatic carboxylic acids is 1. The number of rotatable bonds is 15. The molecule has 0 aliphatic carbocycles. The highest BCUT2D eigenvalue weighted by atomic mass is 16.5. The lowest BCUT2D eigenvalue weighted by Gasteiger charge is -2.35. The second kappa shape index (κ2) is 16.6. The Hall–Kier alpha value is -3.22. The number of nitrogens with zero attached hydrogens (tertiary/aromatic N) is 1. The zero-order chi connectivity index (χ0) is 33.1. The largest absolute Gasteiger partial charge is 0.480 e. The molecule has 0 aromatic heterocycles. The molecule has 1 saturated heterocycles. The second-order valence-electron chi connectivity index (χ2n) is 13.5. The zero-order valence-electron chi connectivity index (χ0n) is 27.2. The Kier molecular flexibility index (Phi) is 14.6. The predicted octanol–water partition coefficient (Wildman–Crippen LogP) is 2.40. The average molecular weight is 613 g/mol. The van der Waals surface area contributed by atoms with Crippen molar-refractivity contribution in [2.24, 2.45) is 11.3 Å². The van der Waals surface area contributed by atoms with Gasteiger partial charge in [0.2, 0.25) is 17.6 Å². The number of carbonyl (C=O) groups is 6. The topological polar surface area (TPSA) is 180 Å². The number of nitrogens with one attached hydrogen (secondary N) is 3. The minimum absolute atomic E-state index is 0.0665. The maximum atomic E-state index is 14.0. The molecular formula is C30H52N4O9. The van der Waals surface area contributed by atoms with Crippen LogP contribution in [0.1, 0.15) is 94.4 Å².